The molecule has 0 bridgehead atoms. The number of hydrogen-bond acceptors (Lipinski definition) is 3. The zero-order valence-electron chi connectivity index (χ0n) is 13.3. The molecule has 0 spiro atoms. The molecular weight excluding hydrogens is 319 g/mol. The molecule has 0 N–H and O–H groups in total. The van der Waals surface area contributed by atoms with Gasteiger partial charge in [-0.25, -0.2) is 0 Å². The van der Waals surface area contributed by atoms with Crippen LogP contribution < -0.4 is 0 Å². The third kappa shape index (κ3) is 5.30. The summed E-state index contributed by atoms with van der Waals surface area (Å²) in [5, 5.41) is 1.69. The molecule has 0 aliphatic heterocycles. The molecule has 5 heteroatoms. The summed E-state index contributed by atoms with van der Waals surface area (Å²) in [5.74, 6) is 0. The summed E-state index contributed by atoms with van der Waals surface area (Å²) >= 11 is 0. The van der Waals surface area contributed by atoms with Crippen LogP contribution in [0.3, 0.4) is 0 Å². The van der Waals surface area contributed by atoms with Gasteiger partial charge in [0, 0.05) is 5.39 Å². The van der Waals surface area contributed by atoms with Gasteiger partial charge in [-0.05, 0) is 30.2 Å². The van der Waals surface area contributed by atoms with Gasteiger partial charge in [0.25, 0.3) is 10.1 Å². The van der Waals surface area contributed by atoms with Gasteiger partial charge in [-0.15, -0.1) is 0 Å². The van der Waals surface area contributed by atoms with E-state index in [1.54, 1.807) is 0 Å². The second-order valence-corrected chi connectivity index (χ2v) is 7.06. The first kappa shape index (κ1) is 20.7. The second-order valence-electron chi connectivity index (χ2n) is 5.51. The molecule has 0 fully saturated rings. The van der Waals surface area contributed by atoms with Gasteiger partial charge in [0.15, 0.2) is 0 Å². The zero-order valence-corrected chi connectivity index (χ0v) is 14.2. The molecule has 0 heterocycles. The maximum atomic E-state index is 12.7. The third-order valence-electron chi connectivity index (χ3n) is 3.75. The Kier molecular flexibility index (Phi) is 8.80. The van der Waals surface area contributed by atoms with Crippen molar-refractivity contribution in [2.75, 3.05) is 6.61 Å². The number of hydrogen-bond donors (Lipinski definition) is 0. The van der Waals surface area contributed by atoms with Gasteiger partial charge in [0.1, 0.15) is 4.90 Å². The number of unbranched alkanes of at least 4 members (excludes halogenated alkanes) is 2. The zero-order chi connectivity index (χ0) is 16.0. The van der Waals surface area contributed by atoms with Crippen LogP contribution in [0.15, 0.2) is 41.3 Å². The van der Waals surface area contributed by atoms with E-state index in [9.17, 15) is 8.42 Å². The molecule has 23 heavy (non-hydrogen) atoms. The van der Waals surface area contributed by atoms with E-state index in [1.807, 2.05) is 43.3 Å². The van der Waals surface area contributed by atoms with Crippen LogP contribution >= 0.6 is 0 Å². The van der Waals surface area contributed by atoms with Crippen LogP contribution in [0.4, 0.5) is 0 Å². The van der Waals surface area contributed by atoms with Gasteiger partial charge in [-0.1, -0.05) is 63.1 Å². The van der Waals surface area contributed by atoms with E-state index in [0.717, 1.165) is 48.4 Å². The molecule has 0 radical (unpaired) electrons. The normalized spacial score (nSPS) is 11.4. The van der Waals surface area contributed by atoms with Crippen LogP contribution in [0.5, 0.6) is 0 Å². The van der Waals surface area contributed by atoms with Crippen LogP contribution in [0.25, 0.3) is 10.8 Å². The Balaban J connectivity index is 0.00000264. The quantitative estimate of drug-likeness (QED) is 0.412. The van der Waals surface area contributed by atoms with Crippen molar-refractivity contribution in [2.24, 2.45) is 0 Å². The van der Waals surface area contributed by atoms with Crippen molar-refractivity contribution >= 4 is 50.4 Å². The van der Waals surface area contributed by atoms with Crippen molar-refractivity contribution < 1.29 is 12.6 Å². The summed E-state index contributed by atoms with van der Waals surface area (Å²) in [5.41, 5.74) is 0.858. The molecule has 122 valence electrons. The van der Waals surface area contributed by atoms with E-state index in [1.165, 1.54) is 0 Å². The van der Waals surface area contributed by atoms with Gasteiger partial charge in [-0.3, -0.25) is 4.18 Å². The van der Waals surface area contributed by atoms with Gasteiger partial charge in [0.05, 0.1) is 6.61 Å². The predicted molar refractivity (Wildman–Crippen MR) is 97.8 cm³/mol. The summed E-state index contributed by atoms with van der Waals surface area (Å²) in [6.07, 6.45) is 4.41. The first-order chi connectivity index (χ1) is 10.6. The van der Waals surface area contributed by atoms with E-state index in [4.69, 9.17) is 4.18 Å². The second kappa shape index (κ2) is 9.80. The van der Waals surface area contributed by atoms with Crippen molar-refractivity contribution in [3.05, 3.63) is 42.0 Å². The van der Waals surface area contributed by atoms with Crippen LogP contribution in [0.1, 0.15) is 45.1 Å². The minimum absolute atomic E-state index is 0. The van der Waals surface area contributed by atoms with Crippen molar-refractivity contribution in [1.29, 1.82) is 0 Å². The standard InChI is InChI=1S/C18H24O3S.Na.H/c1-3-5-9-16-13-12-15-10-7-8-11-17(15)18(16)22(19,20)21-14-6-4-2;;/h7-8,10-13H,3-6,9,14H2,1-2H3;;. The van der Waals surface area contributed by atoms with Crippen molar-refractivity contribution in [1.82, 2.24) is 0 Å². The molecule has 0 saturated heterocycles. The average Bonchev–Trinajstić information content (AvgIpc) is 2.52. The number of fused-ring (bicyclic) bond motifs is 1. The van der Waals surface area contributed by atoms with E-state index in [0.29, 0.717) is 4.90 Å². The van der Waals surface area contributed by atoms with E-state index < -0.39 is 10.1 Å². The first-order valence-corrected chi connectivity index (χ1v) is 9.41. The monoisotopic (exact) mass is 344 g/mol. The van der Waals surface area contributed by atoms with Crippen LogP contribution in [-0.2, 0) is 20.7 Å². The summed E-state index contributed by atoms with van der Waals surface area (Å²) in [7, 11) is -3.72. The summed E-state index contributed by atoms with van der Waals surface area (Å²) < 4.78 is 30.6. The minimum atomic E-state index is -3.72. The summed E-state index contributed by atoms with van der Waals surface area (Å²) in [6.45, 7) is 4.36. The van der Waals surface area contributed by atoms with Gasteiger partial charge in [-0.2, -0.15) is 8.42 Å². The van der Waals surface area contributed by atoms with Crippen LogP contribution in [0.2, 0.25) is 0 Å². The molecule has 2 aromatic carbocycles. The Bertz CT molecular complexity index is 726. The van der Waals surface area contributed by atoms with E-state index >= 15 is 0 Å². The molecule has 0 amide bonds. The molecule has 0 aliphatic carbocycles. The Morgan fingerprint density at radius 1 is 0.957 bits per heavy atom. The van der Waals surface area contributed by atoms with Gasteiger partial charge in [0.2, 0.25) is 0 Å². The molecule has 0 unspecified atom stereocenters. The fourth-order valence-corrected chi connectivity index (χ4v) is 3.92. The Hall–Kier alpha value is -0.390. The fraction of sp³-hybridized carbons (Fsp3) is 0.444. The Morgan fingerprint density at radius 3 is 2.35 bits per heavy atom. The molecule has 2 rings (SSSR count). The SMILES string of the molecule is CCCCOS(=O)(=O)c1c(CCCC)ccc2ccccc12.[NaH]. The maximum absolute atomic E-state index is 12.7. The molecule has 0 saturated carbocycles. The first-order valence-electron chi connectivity index (χ1n) is 8.00. The molecule has 0 aromatic heterocycles. The van der Waals surface area contributed by atoms with Crippen LogP contribution in [0, 0.1) is 0 Å². The van der Waals surface area contributed by atoms with Crippen molar-refractivity contribution in [3.63, 3.8) is 0 Å². The molecule has 3 nitrogen and oxygen atoms in total. The Labute approximate surface area is 161 Å². The van der Waals surface area contributed by atoms with E-state index in [2.05, 4.69) is 6.92 Å². The van der Waals surface area contributed by atoms with Gasteiger partial charge >= 0.3 is 29.6 Å². The predicted octanol–water partition coefficient (Wildman–Crippen LogP) is 4.04. The summed E-state index contributed by atoms with van der Waals surface area (Å²) in [4.78, 5) is 0.357. The third-order valence-corrected chi connectivity index (χ3v) is 5.21. The van der Waals surface area contributed by atoms with E-state index in [-0.39, 0.29) is 36.2 Å². The number of aryl methyl sites for hydroxylation is 1. The molecule has 0 aliphatic rings. The summed E-state index contributed by atoms with van der Waals surface area (Å²) in [6, 6.07) is 11.5. The van der Waals surface area contributed by atoms with Gasteiger partial charge < -0.3 is 0 Å². The molecule has 2 aromatic rings. The van der Waals surface area contributed by atoms with Crippen molar-refractivity contribution in [2.45, 2.75) is 50.8 Å². The van der Waals surface area contributed by atoms with Crippen LogP contribution in [-0.4, -0.2) is 44.6 Å². The number of rotatable bonds is 8. The topological polar surface area (TPSA) is 43.4 Å². The molecule has 0 atom stereocenters. The van der Waals surface area contributed by atoms with Crippen molar-refractivity contribution in [3.8, 4) is 0 Å². The number of benzene rings is 2. The molecular formula is C18H25NaO3S. The Morgan fingerprint density at radius 2 is 1.65 bits per heavy atom. The fourth-order valence-electron chi connectivity index (χ4n) is 2.52. The average molecular weight is 344 g/mol.